The molecule has 0 spiro atoms. The molecule has 0 bridgehead atoms. The van der Waals surface area contributed by atoms with Crippen molar-refractivity contribution in [3.63, 3.8) is 0 Å². The minimum atomic E-state index is -4.31. The molecule has 2 aliphatic heterocycles. The van der Waals surface area contributed by atoms with E-state index in [1.807, 2.05) is 0 Å². The van der Waals surface area contributed by atoms with Gasteiger partial charge in [0.1, 0.15) is 0 Å². The average molecular weight is 440 g/mol. The van der Waals surface area contributed by atoms with Crippen LogP contribution >= 0.6 is 0 Å². The summed E-state index contributed by atoms with van der Waals surface area (Å²) in [7, 11) is 0. The summed E-state index contributed by atoms with van der Waals surface area (Å²) in [6.45, 7) is 7.25. The number of rotatable bonds is 7. The maximum absolute atomic E-state index is 13.0. The van der Waals surface area contributed by atoms with Crippen LogP contribution in [0.25, 0.3) is 0 Å². The van der Waals surface area contributed by atoms with Gasteiger partial charge < -0.3 is 9.64 Å². The number of alkyl halides is 3. The van der Waals surface area contributed by atoms with Crippen molar-refractivity contribution in [2.45, 2.75) is 44.4 Å². The number of nitrogens with zero attached hydrogens (tertiary/aromatic N) is 3. The van der Waals surface area contributed by atoms with Gasteiger partial charge in [-0.15, -0.1) is 0 Å². The Morgan fingerprint density at radius 3 is 2.39 bits per heavy atom. The van der Waals surface area contributed by atoms with Gasteiger partial charge >= 0.3 is 6.18 Å². The van der Waals surface area contributed by atoms with Gasteiger partial charge in [-0.05, 0) is 49.9 Å². The highest BCUT2D eigenvalue weighted by molar-refractivity contribution is 5.81. The molecule has 1 atom stereocenters. The van der Waals surface area contributed by atoms with Crippen molar-refractivity contribution in [1.29, 1.82) is 0 Å². The monoisotopic (exact) mass is 439 g/mol. The maximum Gasteiger partial charge on any atom is 0.416 e. The zero-order chi connectivity index (χ0) is 21.8. The molecule has 3 fully saturated rings. The largest absolute Gasteiger partial charge is 0.416 e. The predicted molar refractivity (Wildman–Crippen MR) is 111 cm³/mol. The number of hydrogen-bond donors (Lipinski definition) is 0. The van der Waals surface area contributed by atoms with E-state index in [0.29, 0.717) is 6.54 Å². The summed E-state index contributed by atoms with van der Waals surface area (Å²) in [5.74, 6) is 0.476. The van der Waals surface area contributed by atoms with Crippen molar-refractivity contribution >= 4 is 5.91 Å². The highest BCUT2D eigenvalue weighted by Crippen LogP contribution is 2.33. The Kier molecular flexibility index (Phi) is 7.19. The molecule has 2 heterocycles. The van der Waals surface area contributed by atoms with Crippen molar-refractivity contribution in [2.24, 2.45) is 5.92 Å². The van der Waals surface area contributed by atoms with E-state index in [4.69, 9.17) is 4.74 Å². The zero-order valence-electron chi connectivity index (χ0n) is 17.9. The van der Waals surface area contributed by atoms with Gasteiger partial charge in [-0.2, -0.15) is 13.2 Å². The van der Waals surface area contributed by atoms with Gasteiger partial charge in [-0.25, -0.2) is 0 Å². The number of hydrogen-bond acceptors (Lipinski definition) is 4. The summed E-state index contributed by atoms with van der Waals surface area (Å²) in [5.41, 5.74) is 0.263. The van der Waals surface area contributed by atoms with Crippen LogP contribution in [0.3, 0.4) is 0 Å². The van der Waals surface area contributed by atoms with Crippen LogP contribution in [-0.4, -0.2) is 79.1 Å². The van der Waals surface area contributed by atoms with Gasteiger partial charge in [-0.3, -0.25) is 14.6 Å². The molecule has 1 unspecified atom stereocenters. The van der Waals surface area contributed by atoms with Gasteiger partial charge in [0.05, 0.1) is 18.8 Å². The summed E-state index contributed by atoms with van der Waals surface area (Å²) in [5, 5.41) is 0. The molecule has 1 aromatic rings. The lowest BCUT2D eigenvalue weighted by molar-refractivity contribution is -0.138. The zero-order valence-corrected chi connectivity index (χ0v) is 17.9. The number of amides is 1. The maximum atomic E-state index is 13.0. The van der Waals surface area contributed by atoms with E-state index in [-0.39, 0.29) is 17.9 Å². The minimum absolute atomic E-state index is 0.178. The third kappa shape index (κ3) is 6.20. The van der Waals surface area contributed by atoms with Crippen LogP contribution in [0.5, 0.6) is 0 Å². The molecule has 1 aromatic carbocycles. The summed E-state index contributed by atoms with van der Waals surface area (Å²) < 4.78 is 43.9. The van der Waals surface area contributed by atoms with Crippen LogP contribution in [0.15, 0.2) is 24.3 Å². The molecule has 5 nitrogen and oxygen atoms in total. The Labute approximate surface area is 182 Å². The first kappa shape index (κ1) is 22.6. The molecule has 31 heavy (non-hydrogen) atoms. The highest BCUT2D eigenvalue weighted by Gasteiger charge is 2.37. The van der Waals surface area contributed by atoms with E-state index in [1.165, 1.54) is 0 Å². The SMILES string of the molecule is O=C(C1CC1)N(CCN1CCOCC1)C1CCCN(Cc2ccc(C(F)(F)F)cc2)C1. The minimum Gasteiger partial charge on any atom is -0.379 e. The van der Waals surface area contributed by atoms with Crippen LogP contribution in [0.1, 0.15) is 36.8 Å². The van der Waals surface area contributed by atoms with Crippen molar-refractivity contribution in [1.82, 2.24) is 14.7 Å². The van der Waals surface area contributed by atoms with E-state index in [9.17, 15) is 18.0 Å². The molecule has 4 rings (SSSR count). The van der Waals surface area contributed by atoms with E-state index >= 15 is 0 Å². The second-order valence-corrected chi connectivity index (χ2v) is 8.99. The average Bonchev–Trinajstić information content (AvgIpc) is 3.60. The molecule has 172 valence electrons. The quantitative estimate of drug-likeness (QED) is 0.654. The van der Waals surface area contributed by atoms with E-state index in [0.717, 1.165) is 95.9 Å². The summed E-state index contributed by atoms with van der Waals surface area (Å²) in [6.07, 6.45) is -0.328. The fraction of sp³-hybridized carbons (Fsp3) is 0.696. The first-order chi connectivity index (χ1) is 14.9. The van der Waals surface area contributed by atoms with Gasteiger partial charge in [0, 0.05) is 51.2 Å². The van der Waals surface area contributed by atoms with Crippen molar-refractivity contribution in [3.05, 3.63) is 35.4 Å². The number of benzene rings is 1. The second kappa shape index (κ2) is 9.88. The Bertz CT molecular complexity index is 731. The standard InChI is InChI=1S/C23H32F3N3O2/c24-23(25,26)20-7-3-18(4-8-20)16-28-9-1-2-21(17-28)29(22(30)19-5-6-19)11-10-27-12-14-31-15-13-27/h3-4,7-8,19,21H,1-2,5-6,9-17H2. The first-order valence-corrected chi connectivity index (χ1v) is 11.4. The Hall–Kier alpha value is -1.64. The van der Waals surface area contributed by atoms with E-state index in [2.05, 4.69) is 14.7 Å². The molecule has 0 aromatic heterocycles. The topological polar surface area (TPSA) is 36.0 Å². The Balaban J connectivity index is 1.36. The number of carbonyl (C=O) groups is 1. The molecule has 1 saturated carbocycles. The van der Waals surface area contributed by atoms with Crippen LogP contribution in [0.4, 0.5) is 13.2 Å². The number of piperidine rings is 1. The van der Waals surface area contributed by atoms with Crippen LogP contribution in [-0.2, 0) is 22.3 Å². The van der Waals surface area contributed by atoms with Gasteiger partial charge in [0.15, 0.2) is 0 Å². The Morgan fingerprint density at radius 2 is 1.74 bits per heavy atom. The molecular weight excluding hydrogens is 407 g/mol. The lowest BCUT2D eigenvalue weighted by Crippen LogP contribution is -2.53. The Morgan fingerprint density at radius 1 is 1.03 bits per heavy atom. The van der Waals surface area contributed by atoms with Gasteiger partial charge in [0.2, 0.25) is 5.91 Å². The molecule has 1 aliphatic carbocycles. The number of ether oxygens (including phenoxy) is 1. The number of halogens is 3. The fourth-order valence-electron chi connectivity index (χ4n) is 4.60. The molecule has 1 amide bonds. The van der Waals surface area contributed by atoms with E-state index < -0.39 is 11.7 Å². The van der Waals surface area contributed by atoms with Gasteiger partial charge in [-0.1, -0.05) is 12.1 Å². The normalized spacial score (nSPS) is 23.6. The summed E-state index contributed by atoms with van der Waals surface area (Å²) in [6, 6.07) is 5.62. The summed E-state index contributed by atoms with van der Waals surface area (Å²) in [4.78, 5) is 19.8. The van der Waals surface area contributed by atoms with E-state index in [1.54, 1.807) is 12.1 Å². The molecular formula is C23H32F3N3O2. The lowest BCUT2D eigenvalue weighted by atomic mass is 10.0. The molecule has 3 aliphatic rings. The predicted octanol–water partition coefficient (Wildman–Crippen LogP) is 3.24. The lowest BCUT2D eigenvalue weighted by Gasteiger charge is -2.40. The van der Waals surface area contributed by atoms with Gasteiger partial charge in [0.25, 0.3) is 0 Å². The smallest absolute Gasteiger partial charge is 0.379 e. The highest BCUT2D eigenvalue weighted by atomic mass is 19.4. The second-order valence-electron chi connectivity index (χ2n) is 8.99. The fourth-order valence-corrected chi connectivity index (χ4v) is 4.60. The van der Waals surface area contributed by atoms with Crippen LogP contribution in [0.2, 0.25) is 0 Å². The van der Waals surface area contributed by atoms with Crippen molar-refractivity contribution < 1.29 is 22.7 Å². The summed E-state index contributed by atoms with van der Waals surface area (Å²) >= 11 is 0. The number of morpholine rings is 1. The van der Waals surface area contributed by atoms with Crippen molar-refractivity contribution in [2.75, 3.05) is 52.5 Å². The van der Waals surface area contributed by atoms with Crippen LogP contribution < -0.4 is 0 Å². The molecule has 2 saturated heterocycles. The molecule has 8 heteroatoms. The first-order valence-electron chi connectivity index (χ1n) is 11.4. The van der Waals surface area contributed by atoms with Crippen molar-refractivity contribution in [3.8, 4) is 0 Å². The molecule has 0 N–H and O–H groups in total. The molecule has 0 radical (unpaired) electrons. The van der Waals surface area contributed by atoms with Crippen LogP contribution in [0, 0.1) is 5.92 Å². The number of carbonyl (C=O) groups excluding carboxylic acids is 1. The third-order valence-electron chi connectivity index (χ3n) is 6.58. The third-order valence-corrected chi connectivity index (χ3v) is 6.58. The number of likely N-dealkylation sites (tertiary alicyclic amines) is 1.